The Morgan fingerprint density at radius 3 is 1.33 bits per heavy atom. The van der Waals surface area contributed by atoms with E-state index in [1.807, 2.05) is 66.7 Å². The summed E-state index contributed by atoms with van der Waals surface area (Å²) in [5.74, 6) is -1.76. The number of Topliss-reactive ketones (excluding diaryl/α,β-unsaturated/α-hetero) is 1. The van der Waals surface area contributed by atoms with Crippen LogP contribution in [0, 0.1) is 46.8 Å². The number of carboxylic acid groups (broad SMARTS) is 1. The Kier molecular flexibility index (Phi) is 27.5. The van der Waals surface area contributed by atoms with Gasteiger partial charge in [-0.1, -0.05) is 66.7 Å². The standard InChI is InChI=1S/C28H31F5N2O2.C20H26FNO3.C16H18O4.C11H14FN.C8H7F4N/c29-23-5-1-19(2-6-23)20-8-11-35(12-9-20)25-7-10-27(37-17-25,21-3-4-21)26(36)34-16-18-13-22(28(31,32)33)15-24(30)14-18;21-17-5-1-14(2-6-17)15-8-11-22(12-9-15)18-7-10-20(19(23)24,25-13-18)16-3-4-16;17-14-8-9-16(20-11-14,13-6-7-13)15(18)19-10-12-4-2-1-3-5-12;12-11-3-1-9(2-4-11)10-5-7-13-8-6-10;9-7-2-5(4-13)1-6(3-7)8(10,11)12/h1-2,5-6,13-15,20-21,25H,3-4,7-12,16-17H2,(H,34,36);1-2,5-6,15-16,18H,3-4,7-13H2,(H,23,24);1-5,13H,6-11H2;1-4,10,13H,5-8H2;1-3H,4,13H2/t25-,27+;18-,20+;16-;;/m110../s1. The Balaban J connectivity index is 0.000000142. The van der Waals surface area contributed by atoms with E-state index in [1.54, 1.807) is 24.3 Å². The van der Waals surface area contributed by atoms with Crippen molar-refractivity contribution in [1.29, 1.82) is 0 Å². The maximum Gasteiger partial charge on any atom is 0.416 e. The lowest BCUT2D eigenvalue weighted by Gasteiger charge is -2.45. The number of carbonyl (C=O) groups is 4. The van der Waals surface area contributed by atoms with E-state index < -0.39 is 57.9 Å². The van der Waals surface area contributed by atoms with Crippen LogP contribution in [0.15, 0.2) is 140 Å². The molecule has 25 heteroatoms. The summed E-state index contributed by atoms with van der Waals surface area (Å²) in [6.45, 7) is 6.91. The molecule has 9 aliphatic rings. The number of nitrogens with zero attached hydrogens (tertiary/aromatic N) is 2. The van der Waals surface area contributed by atoms with E-state index in [9.17, 15) is 72.6 Å². The number of hydrogen-bond acceptors (Lipinski definition) is 12. The Bertz CT molecular complexity index is 3910. The summed E-state index contributed by atoms with van der Waals surface area (Å²) < 4.78 is 164. The summed E-state index contributed by atoms with van der Waals surface area (Å²) >= 11 is 0. The van der Waals surface area contributed by atoms with Gasteiger partial charge in [0.05, 0.1) is 24.3 Å². The van der Waals surface area contributed by atoms with Crippen LogP contribution in [-0.2, 0) is 70.2 Å². The number of nitrogens with one attached hydrogen (secondary N) is 2. The number of carboxylic acids is 1. The fourth-order valence-corrected chi connectivity index (χ4v) is 16.0. The van der Waals surface area contributed by atoms with E-state index in [-0.39, 0.29) is 96.3 Å². The highest BCUT2D eigenvalue weighted by atomic mass is 19.4. The van der Waals surface area contributed by atoms with Crippen LogP contribution in [0.25, 0.3) is 0 Å². The van der Waals surface area contributed by atoms with Crippen molar-refractivity contribution in [1.82, 2.24) is 20.4 Å². The van der Waals surface area contributed by atoms with Gasteiger partial charge in [-0.2, -0.15) is 26.3 Å². The second-order valence-corrected chi connectivity index (χ2v) is 30.1. The normalized spacial score (nSPS) is 24.7. The third kappa shape index (κ3) is 21.7. The minimum absolute atomic E-state index is 0.0386. The third-order valence-corrected chi connectivity index (χ3v) is 22.8. The number of nitrogens with two attached hydrogens (primary N) is 1. The molecule has 3 aliphatic carbocycles. The number of esters is 1. The molecule has 14 nitrogen and oxygen atoms in total. The molecular weight excluding hydrogens is 1420 g/mol. The second kappa shape index (κ2) is 36.5. The Hall–Kier alpha value is -7.65. The first-order valence-electron chi connectivity index (χ1n) is 37.8. The lowest BCUT2D eigenvalue weighted by Crippen LogP contribution is -2.57. The molecule has 584 valence electrons. The topological polar surface area (TPSA) is 182 Å². The molecule has 0 bridgehead atoms. The second-order valence-electron chi connectivity index (χ2n) is 30.1. The van der Waals surface area contributed by atoms with Crippen LogP contribution in [0.4, 0.5) is 48.3 Å². The Morgan fingerprint density at radius 2 is 0.926 bits per heavy atom. The smallest absolute Gasteiger partial charge is 0.416 e. The Labute approximate surface area is 623 Å². The van der Waals surface area contributed by atoms with Crippen molar-refractivity contribution in [2.45, 2.75) is 194 Å². The monoisotopic (exact) mass is 1520 g/mol. The van der Waals surface area contributed by atoms with Gasteiger partial charge >= 0.3 is 24.3 Å². The number of ether oxygens (including phenoxy) is 4. The van der Waals surface area contributed by atoms with Gasteiger partial charge in [0.25, 0.3) is 5.91 Å². The first-order valence-corrected chi connectivity index (χ1v) is 37.8. The summed E-state index contributed by atoms with van der Waals surface area (Å²) in [4.78, 5) is 53.6. The first kappa shape index (κ1) is 81.3. The van der Waals surface area contributed by atoms with E-state index in [4.69, 9.17) is 24.7 Å². The zero-order chi connectivity index (χ0) is 76.8. The molecule has 15 rings (SSSR count). The summed E-state index contributed by atoms with van der Waals surface area (Å²) in [5, 5.41) is 15.7. The minimum Gasteiger partial charge on any atom is -0.479 e. The molecule has 6 aliphatic heterocycles. The van der Waals surface area contributed by atoms with Crippen molar-refractivity contribution in [3.8, 4) is 0 Å². The van der Waals surface area contributed by atoms with Gasteiger partial charge in [-0.25, -0.2) is 31.5 Å². The highest BCUT2D eigenvalue weighted by molar-refractivity contribution is 5.87. The molecule has 1 amide bonds. The SMILES string of the molecule is Fc1ccc(C2CCNCC2)cc1.NCc1cc(F)cc(C(F)(F)F)c1.O=C(NCc1cc(F)cc(C(F)(F)F)c1)[C@@]1(C2CC2)CC[C@@H](N2CCC(c3ccc(F)cc3)CC2)CO1.O=C(O)[C@@]1(C2CC2)CC[C@@H](N2CCC(c3ccc(F)cc3)CC2)CO1.O=C1CC[C@@](C(=O)OCc2ccccc2)(C2CC2)OC1. The maximum atomic E-state index is 13.8. The largest absolute Gasteiger partial charge is 0.479 e. The number of ketones is 1. The molecule has 108 heavy (non-hydrogen) atoms. The van der Waals surface area contributed by atoms with Gasteiger partial charge in [0.2, 0.25) is 0 Å². The van der Waals surface area contributed by atoms with Gasteiger partial charge in [-0.3, -0.25) is 19.4 Å². The van der Waals surface area contributed by atoms with Crippen LogP contribution in [0.3, 0.4) is 0 Å². The van der Waals surface area contributed by atoms with Crippen LogP contribution < -0.4 is 16.4 Å². The number of rotatable bonds is 16. The predicted molar refractivity (Wildman–Crippen MR) is 382 cm³/mol. The van der Waals surface area contributed by atoms with Crippen molar-refractivity contribution in [3.63, 3.8) is 0 Å². The van der Waals surface area contributed by atoms with E-state index in [2.05, 4.69) is 20.4 Å². The number of aliphatic carboxylic acids is 1. The number of benzene rings is 6. The van der Waals surface area contributed by atoms with Gasteiger partial charge in [-0.15, -0.1) is 0 Å². The van der Waals surface area contributed by atoms with Crippen LogP contribution in [0.2, 0.25) is 0 Å². The lowest BCUT2D eigenvalue weighted by atomic mass is 9.84. The van der Waals surface area contributed by atoms with E-state index >= 15 is 0 Å². The molecule has 0 aromatic heterocycles. The number of amides is 1. The summed E-state index contributed by atoms with van der Waals surface area (Å²) in [6.07, 6.45) is 6.68. The van der Waals surface area contributed by atoms with Gasteiger partial charge in [0.1, 0.15) is 47.9 Å². The molecule has 5 N–H and O–H groups in total. The minimum atomic E-state index is -4.66. The highest BCUT2D eigenvalue weighted by Crippen LogP contribution is 2.50. The zero-order valence-corrected chi connectivity index (χ0v) is 60.5. The van der Waals surface area contributed by atoms with Crippen molar-refractivity contribution in [2.75, 3.05) is 59.1 Å². The van der Waals surface area contributed by atoms with E-state index in [1.165, 1.54) is 36.1 Å². The number of likely N-dealkylation sites (tertiary alicyclic amines) is 2. The van der Waals surface area contributed by atoms with Crippen molar-refractivity contribution >= 4 is 23.6 Å². The molecule has 6 aromatic rings. The number of piperidine rings is 3. The molecule has 6 heterocycles. The highest BCUT2D eigenvalue weighted by Gasteiger charge is 2.57. The zero-order valence-electron chi connectivity index (χ0n) is 60.5. The molecular formula is C83H96F11N5O9. The number of alkyl halides is 6. The van der Waals surface area contributed by atoms with E-state index in [0.717, 1.165) is 152 Å². The van der Waals surface area contributed by atoms with Crippen LogP contribution in [0.5, 0.6) is 0 Å². The molecule has 6 saturated heterocycles. The fourth-order valence-electron chi connectivity index (χ4n) is 16.0. The molecule has 5 atom stereocenters. The van der Waals surface area contributed by atoms with Crippen molar-refractivity contribution < 1.29 is 91.5 Å². The number of hydrogen-bond donors (Lipinski definition) is 4. The molecule has 0 spiro atoms. The van der Waals surface area contributed by atoms with Crippen LogP contribution in [0.1, 0.15) is 178 Å². The molecule has 6 aromatic carbocycles. The molecule has 9 fully saturated rings. The van der Waals surface area contributed by atoms with Gasteiger partial charge in [0, 0.05) is 31.6 Å². The molecule has 0 radical (unpaired) electrons. The van der Waals surface area contributed by atoms with Crippen LogP contribution >= 0.6 is 0 Å². The van der Waals surface area contributed by atoms with Crippen molar-refractivity contribution in [3.05, 3.63) is 213 Å². The summed E-state index contributed by atoms with van der Waals surface area (Å²) in [7, 11) is 0. The average Bonchev–Trinajstić information content (AvgIpc) is 1.61. The summed E-state index contributed by atoms with van der Waals surface area (Å²) in [6, 6.07) is 35.2. The quantitative estimate of drug-likeness (QED) is 0.0531. The number of carbonyl (C=O) groups excluding carboxylic acids is 3. The summed E-state index contributed by atoms with van der Waals surface area (Å²) in [5.41, 5.74) is 5.05. The predicted octanol–water partition coefficient (Wildman–Crippen LogP) is 16.1. The van der Waals surface area contributed by atoms with Crippen LogP contribution in [-0.4, -0.2) is 127 Å². The van der Waals surface area contributed by atoms with E-state index in [0.29, 0.717) is 74.8 Å². The molecule has 0 unspecified atom stereocenters. The number of halogens is 11. The molecule has 3 saturated carbocycles. The maximum absolute atomic E-state index is 13.8. The average molecular weight is 1520 g/mol. The Morgan fingerprint density at radius 1 is 0.500 bits per heavy atom. The third-order valence-electron chi connectivity index (χ3n) is 22.8. The first-order chi connectivity index (χ1) is 51.7. The lowest BCUT2D eigenvalue weighted by molar-refractivity contribution is -0.185. The van der Waals surface area contributed by atoms with Gasteiger partial charge in [0.15, 0.2) is 17.0 Å². The fraction of sp³-hybridized carbons (Fsp3) is 0.518. The van der Waals surface area contributed by atoms with Gasteiger partial charge < -0.3 is 40.4 Å². The van der Waals surface area contributed by atoms with Crippen molar-refractivity contribution in [2.24, 2.45) is 23.5 Å². The van der Waals surface area contributed by atoms with Gasteiger partial charge in [-0.05, 0) is 290 Å².